The van der Waals surface area contributed by atoms with Crippen LogP contribution in [0.25, 0.3) is 0 Å². The predicted molar refractivity (Wildman–Crippen MR) is 79.0 cm³/mol. The van der Waals surface area contributed by atoms with Crippen LogP contribution in [0.1, 0.15) is 43.4 Å². The molecule has 0 aliphatic heterocycles. The Labute approximate surface area is 124 Å². The van der Waals surface area contributed by atoms with E-state index < -0.39 is 0 Å². The van der Waals surface area contributed by atoms with Crippen LogP contribution in [0.3, 0.4) is 0 Å². The van der Waals surface area contributed by atoms with Crippen molar-refractivity contribution < 1.29 is 9.15 Å². The van der Waals surface area contributed by atoms with E-state index >= 15 is 0 Å². The van der Waals surface area contributed by atoms with E-state index in [0.29, 0.717) is 18.2 Å². The van der Waals surface area contributed by atoms with Gasteiger partial charge in [0.15, 0.2) is 6.61 Å². The number of ether oxygens (including phenoxy) is 1. The Hall–Kier alpha value is -1.95. The van der Waals surface area contributed by atoms with E-state index in [1.54, 1.807) is 0 Å². The minimum atomic E-state index is 0.0803. The molecule has 0 aromatic carbocycles. The minimum Gasteiger partial charge on any atom is -0.482 e. The number of hydrogen-bond acceptors (Lipinski definition) is 6. The second kappa shape index (κ2) is 7.17. The van der Waals surface area contributed by atoms with Gasteiger partial charge in [0.1, 0.15) is 5.75 Å². The molecule has 2 aromatic heterocycles. The molecule has 0 saturated carbocycles. The van der Waals surface area contributed by atoms with E-state index in [0.717, 1.165) is 30.0 Å². The quantitative estimate of drug-likeness (QED) is 0.841. The fourth-order valence-corrected chi connectivity index (χ4v) is 1.90. The molecule has 2 aromatic rings. The standard InChI is InChI=1S/C15H22N4O2/c1-4-11(16)8-12-13(7-6-10(3)17-12)20-9-15-19-18-14(5-2)21-15/h6-7,11H,4-5,8-9,16H2,1-3H3. The Morgan fingerprint density at radius 3 is 2.67 bits per heavy atom. The van der Waals surface area contributed by atoms with Crippen LogP contribution >= 0.6 is 0 Å². The van der Waals surface area contributed by atoms with Crippen LogP contribution in [0.5, 0.6) is 5.75 Å². The molecule has 6 heteroatoms. The monoisotopic (exact) mass is 290 g/mol. The zero-order valence-corrected chi connectivity index (χ0v) is 12.8. The summed E-state index contributed by atoms with van der Waals surface area (Å²) in [7, 11) is 0. The van der Waals surface area contributed by atoms with Gasteiger partial charge in [0.25, 0.3) is 5.89 Å². The normalized spacial score (nSPS) is 12.4. The topological polar surface area (TPSA) is 87.1 Å². The molecule has 0 fully saturated rings. The highest BCUT2D eigenvalue weighted by atomic mass is 16.5. The highest BCUT2D eigenvalue weighted by Crippen LogP contribution is 2.20. The van der Waals surface area contributed by atoms with Gasteiger partial charge in [0, 0.05) is 24.6 Å². The van der Waals surface area contributed by atoms with Gasteiger partial charge >= 0.3 is 0 Å². The number of nitrogens with two attached hydrogens (primary N) is 1. The molecule has 2 rings (SSSR count). The van der Waals surface area contributed by atoms with Crippen molar-refractivity contribution in [1.82, 2.24) is 15.2 Å². The Morgan fingerprint density at radius 2 is 2.00 bits per heavy atom. The zero-order valence-electron chi connectivity index (χ0n) is 12.8. The van der Waals surface area contributed by atoms with E-state index in [-0.39, 0.29) is 12.6 Å². The molecule has 21 heavy (non-hydrogen) atoms. The van der Waals surface area contributed by atoms with Crippen molar-refractivity contribution in [2.45, 2.75) is 52.7 Å². The summed E-state index contributed by atoms with van der Waals surface area (Å²) >= 11 is 0. The largest absolute Gasteiger partial charge is 0.482 e. The Morgan fingerprint density at radius 1 is 1.24 bits per heavy atom. The van der Waals surface area contributed by atoms with Crippen molar-refractivity contribution in [2.24, 2.45) is 5.73 Å². The molecule has 1 unspecified atom stereocenters. The Balaban J connectivity index is 2.07. The third-order valence-corrected chi connectivity index (χ3v) is 3.21. The van der Waals surface area contributed by atoms with Crippen LogP contribution in [0.15, 0.2) is 16.5 Å². The van der Waals surface area contributed by atoms with Gasteiger partial charge < -0.3 is 14.9 Å². The summed E-state index contributed by atoms with van der Waals surface area (Å²) in [5.41, 5.74) is 7.84. The molecule has 2 N–H and O–H groups in total. The number of hydrogen-bond donors (Lipinski definition) is 1. The molecular formula is C15H22N4O2. The van der Waals surface area contributed by atoms with Crippen LogP contribution in [0.2, 0.25) is 0 Å². The number of nitrogens with zero attached hydrogens (tertiary/aromatic N) is 3. The first-order valence-corrected chi connectivity index (χ1v) is 7.28. The van der Waals surface area contributed by atoms with Crippen LogP contribution in [-0.4, -0.2) is 21.2 Å². The van der Waals surface area contributed by atoms with Gasteiger partial charge in [-0.2, -0.15) is 0 Å². The second-order valence-electron chi connectivity index (χ2n) is 5.00. The van der Waals surface area contributed by atoms with Gasteiger partial charge in [-0.3, -0.25) is 4.98 Å². The van der Waals surface area contributed by atoms with E-state index in [1.807, 2.05) is 26.0 Å². The summed E-state index contributed by atoms with van der Waals surface area (Å²) in [5, 5.41) is 7.85. The average Bonchev–Trinajstić information content (AvgIpc) is 2.94. The van der Waals surface area contributed by atoms with Crippen LogP contribution < -0.4 is 10.5 Å². The summed E-state index contributed by atoms with van der Waals surface area (Å²) in [5.74, 6) is 1.81. The highest BCUT2D eigenvalue weighted by molar-refractivity contribution is 5.30. The van der Waals surface area contributed by atoms with Gasteiger partial charge in [0.2, 0.25) is 5.89 Å². The summed E-state index contributed by atoms with van der Waals surface area (Å²) in [6, 6.07) is 3.91. The van der Waals surface area contributed by atoms with Gasteiger partial charge in [-0.05, 0) is 25.5 Å². The molecule has 1 atom stereocenters. The van der Waals surface area contributed by atoms with Crippen molar-refractivity contribution in [3.8, 4) is 5.75 Å². The van der Waals surface area contributed by atoms with Gasteiger partial charge in [0.05, 0.1) is 5.69 Å². The highest BCUT2D eigenvalue weighted by Gasteiger charge is 2.12. The number of pyridine rings is 1. The minimum absolute atomic E-state index is 0.0803. The van der Waals surface area contributed by atoms with E-state index in [9.17, 15) is 0 Å². The molecule has 0 amide bonds. The molecule has 6 nitrogen and oxygen atoms in total. The molecule has 0 aliphatic rings. The van der Waals surface area contributed by atoms with Gasteiger partial charge in [-0.25, -0.2) is 0 Å². The molecule has 114 valence electrons. The lowest BCUT2D eigenvalue weighted by molar-refractivity contribution is 0.255. The SMILES string of the molecule is CCc1nnc(COc2ccc(C)nc2CC(N)CC)o1. The van der Waals surface area contributed by atoms with E-state index in [1.165, 1.54) is 0 Å². The summed E-state index contributed by atoms with van der Waals surface area (Å²) in [6.07, 6.45) is 2.31. The van der Waals surface area contributed by atoms with Crippen LogP contribution in [-0.2, 0) is 19.4 Å². The average molecular weight is 290 g/mol. The molecule has 0 radical (unpaired) electrons. The van der Waals surface area contributed by atoms with E-state index in [2.05, 4.69) is 22.1 Å². The number of aromatic nitrogens is 3. The smallest absolute Gasteiger partial charge is 0.253 e. The zero-order chi connectivity index (χ0) is 15.2. The first-order valence-electron chi connectivity index (χ1n) is 7.28. The maximum absolute atomic E-state index is 6.02. The van der Waals surface area contributed by atoms with Crippen molar-refractivity contribution in [3.63, 3.8) is 0 Å². The molecule has 0 saturated heterocycles. The molecule has 0 bridgehead atoms. The number of rotatable bonds is 7. The maximum Gasteiger partial charge on any atom is 0.253 e. The van der Waals surface area contributed by atoms with Crippen molar-refractivity contribution >= 4 is 0 Å². The van der Waals surface area contributed by atoms with E-state index in [4.69, 9.17) is 14.9 Å². The fourth-order valence-electron chi connectivity index (χ4n) is 1.90. The predicted octanol–water partition coefficient (Wildman–Crippen LogP) is 2.19. The van der Waals surface area contributed by atoms with Crippen LogP contribution in [0.4, 0.5) is 0 Å². The van der Waals surface area contributed by atoms with Crippen molar-refractivity contribution in [2.75, 3.05) is 0 Å². The van der Waals surface area contributed by atoms with Crippen LogP contribution in [0, 0.1) is 6.92 Å². The molecular weight excluding hydrogens is 268 g/mol. The Bertz CT molecular complexity index is 583. The third kappa shape index (κ3) is 4.26. The molecule has 0 spiro atoms. The first kappa shape index (κ1) is 15.4. The molecule has 2 heterocycles. The van der Waals surface area contributed by atoms with Crippen molar-refractivity contribution in [3.05, 3.63) is 35.3 Å². The van der Waals surface area contributed by atoms with Gasteiger partial charge in [-0.15, -0.1) is 10.2 Å². The lowest BCUT2D eigenvalue weighted by atomic mass is 10.1. The number of aryl methyl sites for hydroxylation is 2. The van der Waals surface area contributed by atoms with Gasteiger partial charge in [-0.1, -0.05) is 13.8 Å². The van der Waals surface area contributed by atoms with Crippen molar-refractivity contribution in [1.29, 1.82) is 0 Å². The Kier molecular flexibility index (Phi) is 5.27. The summed E-state index contributed by atoms with van der Waals surface area (Å²) in [4.78, 5) is 4.52. The maximum atomic E-state index is 6.02. The lowest BCUT2D eigenvalue weighted by Gasteiger charge is -2.13. The summed E-state index contributed by atoms with van der Waals surface area (Å²) in [6.45, 7) is 6.22. The third-order valence-electron chi connectivity index (χ3n) is 3.21. The molecule has 0 aliphatic carbocycles. The second-order valence-corrected chi connectivity index (χ2v) is 5.00. The fraction of sp³-hybridized carbons (Fsp3) is 0.533. The summed E-state index contributed by atoms with van der Waals surface area (Å²) < 4.78 is 11.2. The lowest BCUT2D eigenvalue weighted by Crippen LogP contribution is -2.22. The first-order chi connectivity index (χ1) is 10.1.